The van der Waals surface area contributed by atoms with Gasteiger partial charge in [0, 0.05) is 6.54 Å². The molecule has 15 heavy (non-hydrogen) atoms. The largest absolute Gasteiger partial charge is 0.361 e. The number of nitrogens with one attached hydrogen (secondary N) is 1. The van der Waals surface area contributed by atoms with Crippen molar-refractivity contribution in [2.75, 3.05) is 11.9 Å². The van der Waals surface area contributed by atoms with Crippen molar-refractivity contribution >= 4 is 28.1 Å². The molecule has 0 amide bonds. The van der Waals surface area contributed by atoms with Crippen LogP contribution in [0.15, 0.2) is 0 Å². The van der Waals surface area contributed by atoms with Gasteiger partial charge in [0.05, 0.1) is 0 Å². The molecule has 1 aliphatic carbocycles. The average Bonchev–Trinajstić information content (AvgIpc) is 2.52. The molecule has 1 aromatic rings. The minimum Gasteiger partial charge on any atom is -0.361 e. The summed E-state index contributed by atoms with van der Waals surface area (Å²) in [5.41, 5.74) is 0. The molecule has 5 heteroatoms. The minimum absolute atomic E-state index is 0.312. The van der Waals surface area contributed by atoms with Crippen molar-refractivity contribution in [3.63, 3.8) is 0 Å². The van der Waals surface area contributed by atoms with Gasteiger partial charge in [-0.05, 0) is 24.7 Å². The SMILES string of the molecule is CC1CC(CNc2nc(Cl)c(C#N)s2)C1. The molecule has 2 rings (SSSR count). The Kier molecular flexibility index (Phi) is 3.13. The molecular weight excluding hydrogens is 230 g/mol. The normalized spacial score (nSPS) is 24.3. The fourth-order valence-electron chi connectivity index (χ4n) is 1.91. The summed E-state index contributed by atoms with van der Waals surface area (Å²) in [5.74, 6) is 1.62. The van der Waals surface area contributed by atoms with Crippen LogP contribution in [-0.4, -0.2) is 11.5 Å². The molecule has 1 aliphatic rings. The molecule has 0 bridgehead atoms. The van der Waals surface area contributed by atoms with Crippen LogP contribution < -0.4 is 5.32 Å². The predicted octanol–water partition coefficient (Wildman–Crippen LogP) is 3.13. The van der Waals surface area contributed by atoms with E-state index in [1.54, 1.807) is 0 Å². The fraction of sp³-hybridized carbons (Fsp3) is 0.600. The lowest BCUT2D eigenvalue weighted by atomic mass is 9.76. The number of anilines is 1. The summed E-state index contributed by atoms with van der Waals surface area (Å²) < 4.78 is 0. The molecule has 3 nitrogen and oxygen atoms in total. The summed E-state index contributed by atoms with van der Waals surface area (Å²) in [6.07, 6.45) is 2.58. The average molecular weight is 242 g/mol. The summed E-state index contributed by atoms with van der Waals surface area (Å²) in [6, 6.07) is 2.02. The van der Waals surface area contributed by atoms with Gasteiger partial charge in [0.1, 0.15) is 10.9 Å². The molecule has 0 saturated heterocycles. The Balaban J connectivity index is 1.86. The first kappa shape index (κ1) is 10.7. The lowest BCUT2D eigenvalue weighted by molar-refractivity contribution is 0.225. The molecule has 1 fully saturated rings. The molecule has 1 aromatic heterocycles. The first-order chi connectivity index (χ1) is 7.19. The van der Waals surface area contributed by atoms with Crippen LogP contribution in [0.1, 0.15) is 24.6 Å². The zero-order valence-electron chi connectivity index (χ0n) is 8.46. The first-order valence-corrected chi connectivity index (χ1v) is 6.18. The van der Waals surface area contributed by atoms with E-state index >= 15 is 0 Å². The summed E-state index contributed by atoms with van der Waals surface area (Å²) >= 11 is 7.09. The van der Waals surface area contributed by atoms with Crippen LogP contribution in [0.25, 0.3) is 0 Å². The van der Waals surface area contributed by atoms with E-state index in [0.29, 0.717) is 10.0 Å². The molecule has 0 spiro atoms. The van der Waals surface area contributed by atoms with E-state index in [1.807, 2.05) is 6.07 Å². The third-order valence-electron chi connectivity index (χ3n) is 2.70. The minimum atomic E-state index is 0.312. The standard InChI is InChI=1S/C10H12ClN3S/c1-6-2-7(3-6)5-13-10-14-9(11)8(4-12)15-10/h6-7H,2-3,5H2,1H3,(H,13,14). The maximum absolute atomic E-state index is 8.71. The highest BCUT2D eigenvalue weighted by Crippen LogP contribution is 2.33. The van der Waals surface area contributed by atoms with E-state index in [4.69, 9.17) is 16.9 Å². The molecule has 1 saturated carbocycles. The van der Waals surface area contributed by atoms with Crippen molar-refractivity contribution in [3.8, 4) is 6.07 Å². The Bertz CT molecular complexity index is 390. The van der Waals surface area contributed by atoms with Gasteiger partial charge in [-0.25, -0.2) is 4.98 Å². The topological polar surface area (TPSA) is 48.7 Å². The molecule has 80 valence electrons. The highest BCUT2D eigenvalue weighted by molar-refractivity contribution is 7.16. The van der Waals surface area contributed by atoms with Crippen LogP contribution >= 0.6 is 22.9 Å². The Hall–Kier alpha value is -0.790. The van der Waals surface area contributed by atoms with Gasteiger partial charge in [-0.3, -0.25) is 0 Å². The number of thiazole rings is 1. The summed E-state index contributed by atoms with van der Waals surface area (Å²) in [5, 5.41) is 13.0. The lowest BCUT2D eigenvalue weighted by Crippen LogP contribution is -2.27. The Morgan fingerprint density at radius 2 is 2.40 bits per heavy atom. The highest BCUT2D eigenvalue weighted by Gasteiger charge is 2.25. The molecule has 1 N–H and O–H groups in total. The van der Waals surface area contributed by atoms with E-state index in [9.17, 15) is 0 Å². The predicted molar refractivity (Wildman–Crippen MR) is 62.2 cm³/mol. The van der Waals surface area contributed by atoms with Gasteiger partial charge in [0.15, 0.2) is 10.3 Å². The zero-order chi connectivity index (χ0) is 10.8. The van der Waals surface area contributed by atoms with Gasteiger partial charge >= 0.3 is 0 Å². The maximum atomic E-state index is 8.71. The van der Waals surface area contributed by atoms with Gasteiger partial charge in [-0.2, -0.15) is 5.26 Å². The number of halogens is 1. The van der Waals surface area contributed by atoms with E-state index in [1.165, 1.54) is 24.2 Å². The second-order valence-electron chi connectivity index (χ2n) is 4.07. The van der Waals surface area contributed by atoms with Crippen molar-refractivity contribution in [3.05, 3.63) is 10.0 Å². The van der Waals surface area contributed by atoms with Gasteiger partial charge in [-0.1, -0.05) is 29.9 Å². The fourth-order valence-corrected chi connectivity index (χ4v) is 2.87. The van der Waals surface area contributed by atoms with Gasteiger partial charge in [-0.15, -0.1) is 0 Å². The van der Waals surface area contributed by atoms with Gasteiger partial charge < -0.3 is 5.32 Å². The number of nitrogens with zero attached hydrogens (tertiary/aromatic N) is 2. The van der Waals surface area contributed by atoms with Crippen LogP contribution in [0, 0.1) is 23.2 Å². The van der Waals surface area contributed by atoms with Crippen molar-refractivity contribution < 1.29 is 0 Å². The Morgan fingerprint density at radius 3 is 2.93 bits per heavy atom. The Labute approximate surface area is 98.1 Å². The summed E-state index contributed by atoms with van der Waals surface area (Å²) in [7, 11) is 0. The third kappa shape index (κ3) is 2.42. The maximum Gasteiger partial charge on any atom is 0.185 e. The van der Waals surface area contributed by atoms with Crippen LogP contribution in [0.3, 0.4) is 0 Å². The molecule has 0 atom stereocenters. The van der Waals surface area contributed by atoms with Crippen molar-refractivity contribution in [1.82, 2.24) is 4.98 Å². The zero-order valence-corrected chi connectivity index (χ0v) is 10.0. The van der Waals surface area contributed by atoms with E-state index in [-0.39, 0.29) is 0 Å². The quantitative estimate of drug-likeness (QED) is 0.885. The van der Waals surface area contributed by atoms with Crippen molar-refractivity contribution in [2.24, 2.45) is 11.8 Å². The first-order valence-electron chi connectivity index (χ1n) is 4.99. The third-order valence-corrected chi connectivity index (χ3v) is 4.00. The second-order valence-corrected chi connectivity index (χ2v) is 5.43. The summed E-state index contributed by atoms with van der Waals surface area (Å²) in [6.45, 7) is 3.21. The van der Waals surface area contributed by atoms with Crippen LogP contribution in [0.5, 0.6) is 0 Å². The molecule has 0 aromatic carbocycles. The molecule has 0 unspecified atom stereocenters. The van der Waals surface area contributed by atoms with E-state index in [2.05, 4.69) is 17.2 Å². The Morgan fingerprint density at radius 1 is 1.67 bits per heavy atom. The van der Waals surface area contributed by atoms with Crippen molar-refractivity contribution in [2.45, 2.75) is 19.8 Å². The number of hydrogen-bond donors (Lipinski definition) is 1. The van der Waals surface area contributed by atoms with Crippen LogP contribution in [-0.2, 0) is 0 Å². The van der Waals surface area contributed by atoms with Gasteiger partial charge in [0.25, 0.3) is 0 Å². The highest BCUT2D eigenvalue weighted by atomic mass is 35.5. The summed E-state index contributed by atoms with van der Waals surface area (Å²) in [4.78, 5) is 4.57. The lowest BCUT2D eigenvalue weighted by Gasteiger charge is -2.32. The number of nitriles is 1. The van der Waals surface area contributed by atoms with E-state index < -0.39 is 0 Å². The molecule has 0 aliphatic heterocycles. The molecule has 0 radical (unpaired) electrons. The van der Waals surface area contributed by atoms with Crippen LogP contribution in [0.2, 0.25) is 5.15 Å². The molecular formula is C10H12ClN3S. The van der Waals surface area contributed by atoms with E-state index in [0.717, 1.165) is 23.5 Å². The number of rotatable bonds is 3. The monoisotopic (exact) mass is 241 g/mol. The smallest absolute Gasteiger partial charge is 0.185 e. The number of hydrogen-bond acceptors (Lipinski definition) is 4. The van der Waals surface area contributed by atoms with Gasteiger partial charge in [0.2, 0.25) is 0 Å². The molecule has 1 heterocycles. The second kappa shape index (κ2) is 4.38. The number of aromatic nitrogens is 1. The van der Waals surface area contributed by atoms with Crippen molar-refractivity contribution in [1.29, 1.82) is 5.26 Å². The van der Waals surface area contributed by atoms with Crippen LogP contribution in [0.4, 0.5) is 5.13 Å².